The molecule has 0 aliphatic heterocycles. The molecule has 5 heteroatoms. The molecule has 3 aromatic heterocycles. The van der Waals surface area contributed by atoms with Gasteiger partial charge in [-0.3, -0.25) is 4.40 Å². The number of furan rings is 1. The third kappa shape index (κ3) is 1.35. The van der Waals surface area contributed by atoms with Gasteiger partial charge in [-0.15, -0.1) is 10.2 Å². The Hall–Kier alpha value is -1.62. The maximum Gasteiger partial charge on any atom is 0.204 e. The van der Waals surface area contributed by atoms with E-state index < -0.39 is 0 Å². The average Bonchev–Trinajstić information content (AvgIpc) is 2.82. The number of fused-ring (bicyclic) bond motifs is 1. The molecule has 0 amide bonds. The van der Waals surface area contributed by atoms with Crippen molar-refractivity contribution in [2.75, 3.05) is 0 Å². The van der Waals surface area contributed by atoms with Crippen molar-refractivity contribution in [2.24, 2.45) is 0 Å². The minimum atomic E-state index is 0.711. The first kappa shape index (κ1) is 8.67. The molecule has 3 rings (SSSR count). The molecule has 0 aliphatic carbocycles. The van der Waals surface area contributed by atoms with E-state index in [2.05, 4.69) is 26.1 Å². The molecule has 3 aromatic rings. The van der Waals surface area contributed by atoms with Crippen LogP contribution in [0.2, 0.25) is 0 Å². The molecule has 15 heavy (non-hydrogen) atoms. The van der Waals surface area contributed by atoms with Crippen LogP contribution in [0.1, 0.15) is 0 Å². The predicted molar refractivity (Wildman–Crippen MR) is 58.4 cm³/mol. The topological polar surface area (TPSA) is 43.3 Å². The largest absolute Gasteiger partial charge is 0.461 e. The lowest BCUT2D eigenvalue weighted by atomic mass is 10.4. The molecule has 0 fully saturated rings. The number of rotatable bonds is 1. The Bertz CT molecular complexity index is 600. The number of pyridine rings is 1. The van der Waals surface area contributed by atoms with Crippen molar-refractivity contribution in [3.63, 3.8) is 0 Å². The molecule has 0 saturated heterocycles. The van der Waals surface area contributed by atoms with Crippen molar-refractivity contribution in [3.05, 3.63) is 41.2 Å². The summed E-state index contributed by atoms with van der Waals surface area (Å²) in [6, 6.07) is 7.52. The fraction of sp³-hybridized carbons (Fsp3) is 0. The van der Waals surface area contributed by atoms with E-state index in [1.807, 2.05) is 34.9 Å². The van der Waals surface area contributed by atoms with E-state index in [1.165, 1.54) is 0 Å². The van der Waals surface area contributed by atoms with Crippen LogP contribution in [0.25, 0.3) is 17.2 Å². The first-order chi connectivity index (χ1) is 7.34. The summed E-state index contributed by atoms with van der Waals surface area (Å²) >= 11 is 3.39. The molecule has 0 spiro atoms. The van der Waals surface area contributed by atoms with Gasteiger partial charge in [0.2, 0.25) is 5.82 Å². The Morgan fingerprint density at radius 1 is 1.27 bits per heavy atom. The Balaban J connectivity index is 2.29. The summed E-state index contributed by atoms with van der Waals surface area (Å²) < 4.78 is 8.14. The summed E-state index contributed by atoms with van der Waals surface area (Å²) in [6.45, 7) is 0. The molecule has 0 unspecified atom stereocenters. The molecule has 74 valence electrons. The number of halogens is 1. The molecule has 0 radical (unpaired) electrons. The SMILES string of the molecule is Brc1ccn2c(-c3ccco3)nnc2c1. The van der Waals surface area contributed by atoms with Crippen molar-refractivity contribution >= 4 is 21.6 Å². The van der Waals surface area contributed by atoms with Gasteiger partial charge in [-0.1, -0.05) is 15.9 Å². The van der Waals surface area contributed by atoms with Crippen LogP contribution in [-0.2, 0) is 0 Å². The Labute approximate surface area is 93.7 Å². The molecule has 0 aliphatic rings. The predicted octanol–water partition coefficient (Wildman–Crippen LogP) is 2.75. The van der Waals surface area contributed by atoms with Crippen LogP contribution >= 0.6 is 15.9 Å². The van der Waals surface area contributed by atoms with E-state index in [-0.39, 0.29) is 0 Å². The molecular formula is C10H6BrN3O. The van der Waals surface area contributed by atoms with Gasteiger partial charge in [0.05, 0.1) is 6.26 Å². The van der Waals surface area contributed by atoms with Crippen LogP contribution in [0.5, 0.6) is 0 Å². The van der Waals surface area contributed by atoms with E-state index >= 15 is 0 Å². The summed E-state index contributed by atoms with van der Waals surface area (Å²) in [5.74, 6) is 1.42. The Kier molecular flexibility index (Phi) is 1.85. The van der Waals surface area contributed by atoms with Gasteiger partial charge in [-0.05, 0) is 24.3 Å². The van der Waals surface area contributed by atoms with Gasteiger partial charge >= 0.3 is 0 Å². The summed E-state index contributed by atoms with van der Waals surface area (Å²) in [5.41, 5.74) is 0.788. The van der Waals surface area contributed by atoms with Crippen molar-refractivity contribution in [1.29, 1.82) is 0 Å². The van der Waals surface area contributed by atoms with E-state index in [1.54, 1.807) is 6.26 Å². The van der Waals surface area contributed by atoms with Gasteiger partial charge in [-0.2, -0.15) is 0 Å². The smallest absolute Gasteiger partial charge is 0.204 e. The lowest BCUT2D eigenvalue weighted by Gasteiger charge is -1.95. The molecule has 3 heterocycles. The summed E-state index contributed by atoms with van der Waals surface area (Å²) in [7, 11) is 0. The van der Waals surface area contributed by atoms with Crippen molar-refractivity contribution in [1.82, 2.24) is 14.6 Å². The Morgan fingerprint density at radius 2 is 2.20 bits per heavy atom. The number of hydrogen-bond donors (Lipinski definition) is 0. The third-order valence-electron chi connectivity index (χ3n) is 2.11. The highest BCUT2D eigenvalue weighted by atomic mass is 79.9. The highest BCUT2D eigenvalue weighted by Gasteiger charge is 2.09. The normalized spacial score (nSPS) is 11.0. The number of hydrogen-bond acceptors (Lipinski definition) is 3. The van der Waals surface area contributed by atoms with Gasteiger partial charge < -0.3 is 4.42 Å². The summed E-state index contributed by atoms with van der Waals surface area (Å²) in [5, 5.41) is 8.14. The zero-order valence-corrected chi connectivity index (χ0v) is 9.18. The van der Waals surface area contributed by atoms with Gasteiger partial charge in [0.15, 0.2) is 11.4 Å². The van der Waals surface area contributed by atoms with Crippen LogP contribution < -0.4 is 0 Å². The highest BCUT2D eigenvalue weighted by molar-refractivity contribution is 9.10. The summed E-state index contributed by atoms with van der Waals surface area (Å²) in [4.78, 5) is 0. The molecular weight excluding hydrogens is 258 g/mol. The minimum Gasteiger partial charge on any atom is -0.461 e. The van der Waals surface area contributed by atoms with Crippen LogP contribution in [0, 0.1) is 0 Å². The molecule has 0 aromatic carbocycles. The zero-order valence-electron chi connectivity index (χ0n) is 7.59. The first-order valence-corrected chi connectivity index (χ1v) is 5.18. The molecule has 0 saturated carbocycles. The quantitative estimate of drug-likeness (QED) is 0.678. The lowest BCUT2D eigenvalue weighted by molar-refractivity contribution is 0.576. The molecule has 4 nitrogen and oxygen atoms in total. The lowest BCUT2D eigenvalue weighted by Crippen LogP contribution is -1.86. The number of nitrogens with zero attached hydrogens (tertiary/aromatic N) is 3. The average molecular weight is 264 g/mol. The second-order valence-electron chi connectivity index (χ2n) is 3.07. The second kappa shape index (κ2) is 3.20. The minimum absolute atomic E-state index is 0.711. The molecule has 0 atom stereocenters. The van der Waals surface area contributed by atoms with E-state index in [9.17, 15) is 0 Å². The van der Waals surface area contributed by atoms with Crippen molar-refractivity contribution < 1.29 is 4.42 Å². The van der Waals surface area contributed by atoms with Gasteiger partial charge in [-0.25, -0.2) is 0 Å². The van der Waals surface area contributed by atoms with Crippen LogP contribution in [0.3, 0.4) is 0 Å². The zero-order chi connectivity index (χ0) is 10.3. The first-order valence-electron chi connectivity index (χ1n) is 4.39. The molecule has 0 N–H and O–H groups in total. The Morgan fingerprint density at radius 3 is 3.00 bits per heavy atom. The van der Waals surface area contributed by atoms with E-state index in [0.29, 0.717) is 11.6 Å². The van der Waals surface area contributed by atoms with Crippen LogP contribution in [0.15, 0.2) is 45.6 Å². The van der Waals surface area contributed by atoms with Crippen LogP contribution in [-0.4, -0.2) is 14.6 Å². The highest BCUT2D eigenvalue weighted by Crippen LogP contribution is 2.20. The van der Waals surface area contributed by atoms with Crippen molar-refractivity contribution in [2.45, 2.75) is 0 Å². The summed E-state index contributed by atoms with van der Waals surface area (Å²) in [6.07, 6.45) is 3.52. The number of aromatic nitrogens is 3. The van der Waals surface area contributed by atoms with E-state index in [4.69, 9.17) is 4.42 Å². The van der Waals surface area contributed by atoms with Crippen molar-refractivity contribution in [3.8, 4) is 11.6 Å². The van der Waals surface area contributed by atoms with Crippen LogP contribution in [0.4, 0.5) is 0 Å². The van der Waals surface area contributed by atoms with Gasteiger partial charge in [0, 0.05) is 10.7 Å². The standard InChI is InChI=1S/C10H6BrN3O/c11-7-3-4-14-9(6-7)12-13-10(14)8-2-1-5-15-8/h1-6H. The fourth-order valence-corrected chi connectivity index (χ4v) is 1.76. The fourth-order valence-electron chi connectivity index (χ4n) is 1.44. The van der Waals surface area contributed by atoms with Gasteiger partial charge in [0.25, 0.3) is 0 Å². The third-order valence-corrected chi connectivity index (χ3v) is 2.61. The van der Waals surface area contributed by atoms with E-state index in [0.717, 1.165) is 10.1 Å². The second-order valence-corrected chi connectivity index (χ2v) is 3.99. The maximum absolute atomic E-state index is 5.28. The van der Waals surface area contributed by atoms with Gasteiger partial charge in [0.1, 0.15) is 0 Å². The maximum atomic E-state index is 5.28. The monoisotopic (exact) mass is 263 g/mol. The molecule has 0 bridgehead atoms.